The maximum atomic E-state index is 13.0. The lowest BCUT2D eigenvalue weighted by Gasteiger charge is -2.05. The minimum atomic E-state index is -0.759. The number of hydrogen-bond donors (Lipinski definition) is 2. The van der Waals surface area contributed by atoms with Gasteiger partial charge in [-0.25, -0.2) is 13.5 Å². The van der Waals surface area contributed by atoms with E-state index in [4.69, 9.17) is 5.73 Å². The highest BCUT2D eigenvalue weighted by Gasteiger charge is 2.10. The van der Waals surface area contributed by atoms with Crippen molar-refractivity contribution in [2.75, 3.05) is 17.6 Å². The third kappa shape index (κ3) is 4.46. The summed E-state index contributed by atoms with van der Waals surface area (Å²) in [4.78, 5) is 11.7. The monoisotopic (exact) mass is 314 g/mol. The molecule has 2 aromatic rings. The van der Waals surface area contributed by atoms with E-state index >= 15 is 0 Å². The number of nitrogens with zero attached hydrogens (tertiary/aromatic N) is 4. The number of tetrazole rings is 1. The average molecular weight is 314 g/mol. The Morgan fingerprint density at radius 2 is 2.05 bits per heavy atom. The second-order valence-electron chi connectivity index (χ2n) is 3.97. The van der Waals surface area contributed by atoms with Gasteiger partial charge in [0, 0.05) is 18.3 Å². The number of nitrogens with one attached hydrogen (secondary N) is 1. The third-order valence-electron chi connectivity index (χ3n) is 2.32. The number of halogens is 2. The molecule has 0 aliphatic heterocycles. The molecular weight excluding hydrogens is 302 g/mol. The molecule has 0 fully saturated rings. The minimum absolute atomic E-state index is 0.00305. The van der Waals surface area contributed by atoms with Crippen LogP contribution < -0.4 is 11.1 Å². The van der Waals surface area contributed by atoms with Gasteiger partial charge in [0.25, 0.3) is 0 Å². The number of benzene rings is 1. The number of anilines is 1. The first-order valence-corrected chi connectivity index (χ1v) is 6.92. The van der Waals surface area contributed by atoms with E-state index in [1.54, 1.807) is 0 Å². The second kappa shape index (κ2) is 7.09. The van der Waals surface area contributed by atoms with Gasteiger partial charge in [-0.05, 0) is 22.6 Å². The molecule has 10 heteroatoms. The summed E-state index contributed by atoms with van der Waals surface area (Å²) < 4.78 is 27.4. The van der Waals surface area contributed by atoms with E-state index < -0.39 is 17.5 Å². The number of nitrogens with two attached hydrogens (primary N) is 1. The fourth-order valence-electron chi connectivity index (χ4n) is 1.52. The molecule has 0 radical (unpaired) electrons. The molecule has 0 aliphatic carbocycles. The Kier molecular flexibility index (Phi) is 5.17. The van der Waals surface area contributed by atoms with Gasteiger partial charge in [0.1, 0.15) is 11.6 Å². The van der Waals surface area contributed by atoms with E-state index in [2.05, 4.69) is 20.8 Å². The van der Waals surface area contributed by atoms with Crippen molar-refractivity contribution in [1.82, 2.24) is 20.2 Å². The Hall–Kier alpha value is -2.07. The van der Waals surface area contributed by atoms with Crippen LogP contribution in [0.25, 0.3) is 0 Å². The molecule has 1 heterocycles. The number of amides is 1. The molecule has 0 saturated carbocycles. The quantitative estimate of drug-likeness (QED) is 0.759. The van der Waals surface area contributed by atoms with Crippen LogP contribution in [0.5, 0.6) is 0 Å². The first kappa shape index (κ1) is 15.3. The minimum Gasteiger partial charge on any atom is -0.329 e. The summed E-state index contributed by atoms with van der Waals surface area (Å²) in [6, 6.07) is 2.79. The normalized spacial score (nSPS) is 10.6. The summed E-state index contributed by atoms with van der Waals surface area (Å²) in [5, 5.41) is 13.8. The van der Waals surface area contributed by atoms with E-state index in [-0.39, 0.29) is 11.4 Å². The first-order valence-electron chi connectivity index (χ1n) is 5.93. The van der Waals surface area contributed by atoms with Gasteiger partial charge in [-0.15, -0.1) is 5.10 Å². The summed E-state index contributed by atoms with van der Waals surface area (Å²) in [6.45, 7) is 0.805. The van der Waals surface area contributed by atoms with E-state index in [0.717, 1.165) is 30.0 Å². The molecule has 2 rings (SSSR count). The van der Waals surface area contributed by atoms with Crippen molar-refractivity contribution in [1.29, 1.82) is 0 Å². The van der Waals surface area contributed by atoms with Crippen LogP contribution in [0.15, 0.2) is 23.4 Å². The summed E-state index contributed by atoms with van der Waals surface area (Å²) in [5.41, 5.74) is 5.45. The summed E-state index contributed by atoms with van der Waals surface area (Å²) >= 11 is 1.10. The second-order valence-corrected chi connectivity index (χ2v) is 4.91. The maximum Gasteiger partial charge on any atom is 0.234 e. The summed E-state index contributed by atoms with van der Waals surface area (Å²) in [7, 11) is 0. The fraction of sp³-hybridized carbons (Fsp3) is 0.273. The molecule has 0 atom stereocenters. The van der Waals surface area contributed by atoms with E-state index in [1.807, 2.05) is 0 Å². The van der Waals surface area contributed by atoms with E-state index in [0.29, 0.717) is 18.2 Å². The Balaban J connectivity index is 1.91. The molecule has 112 valence electrons. The third-order valence-corrected chi connectivity index (χ3v) is 3.28. The molecule has 0 bridgehead atoms. The molecule has 0 spiro atoms. The van der Waals surface area contributed by atoms with Gasteiger partial charge in [0.15, 0.2) is 0 Å². The molecule has 1 aromatic carbocycles. The van der Waals surface area contributed by atoms with Crippen molar-refractivity contribution in [2.45, 2.75) is 11.7 Å². The van der Waals surface area contributed by atoms with Gasteiger partial charge in [-0.1, -0.05) is 11.8 Å². The highest BCUT2D eigenvalue weighted by molar-refractivity contribution is 7.99. The largest absolute Gasteiger partial charge is 0.329 e. The van der Waals surface area contributed by atoms with Crippen molar-refractivity contribution in [3.05, 3.63) is 29.8 Å². The van der Waals surface area contributed by atoms with Crippen molar-refractivity contribution in [3.63, 3.8) is 0 Å². The maximum absolute atomic E-state index is 13.0. The highest BCUT2D eigenvalue weighted by atomic mass is 32.2. The van der Waals surface area contributed by atoms with Crippen LogP contribution in [0.4, 0.5) is 14.5 Å². The Morgan fingerprint density at radius 1 is 1.33 bits per heavy atom. The van der Waals surface area contributed by atoms with Crippen molar-refractivity contribution >= 4 is 23.4 Å². The van der Waals surface area contributed by atoms with Crippen LogP contribution in [0.1, 0.15) is 0 Å². The smallest absolute Gasteiger partial charge is 0.234 e. The molecule has 21 heavy (non-hydrogen) atoms. The lowest BCUT2D eigenvalue weighted by molar-refractivity contribution is -0.113. The molecule has 3 N–H and O–H groups in total. The number of carbonyl (C=O) groups is 1. The Morgan fingerprint density at radius 3 is 2.71 bits per heavy atom. The zero-order valence-corrected chi connectivity index (χ0v) is 11.6. The number of aromatic nitrogens is 4. The van der Waals surface area contributed by atoms with Crippen molar-refractivity contribution < 1.29 is 13.6 Å². The average Bonchev–Trinajstić information content (AvgIpc) is 2.83. The number of rotatable bonds is 6. The fourth-order valence-corrected chi connectivity index (χ4v) is 2.22. The lowest BCUT2D eigenvalue weighted by Crippen LogP contribution is -2.16. The molecule has 1 amide bonds. The van der Waals surface area contributed by atoms with Crippen LogP contribution in [-0.4, -0.2) is 38.4 Å². The van der Waals surface area contributed by atoms with Crippen molar-refractivity contribution in [3.8, 4) is 0 Å². The van der Waals surface area contributed by atoms with Gasteiger partial charge in [-0.3, -0.25) is 4.79 Å². The molecule has 0 unspecified atom stereocenters. The molecule has 7 nitrogen and oxygen atoms in total. The van der Waals surface area contributed by atoms with Gasteiger partial charge in [-0.2, -0.15) is 0 Å². The van der Waals surface area contributed by atoms with Crippen LogP contribution in [0.2, 0.25) is 0 Å². The predicted molar refractivity (Wildman–Crippen MR) is 72.6 cm³/mol. The van der Waals surface area contributed by atoms with Gasteiger partial charge < -0.3 is 11.1 Å². The number of hydrogen-bond acceptors (Lipinski definition) is 6. The van der Waals surface area contributed by atoms with Gasteiger partial charge in [0.05, 0.1) is 12.3 Å². The molecule has 1 aromatic heterocycles. The van der Waals surface area contributed by atoms with E-state index in [9.17, 15) is 13.6 Å². The van der Waals surface area contributed by atoms with Crippen LogP contribution in [-0.2, 0) is 11.3 Å². The Labute approximate surface area is 122 Å². The number of thioether (sulfide) groups is 1. The molecule has 0 aliphatic rings. The lowest BCUT2D eigenvalue weighted by atomic mass is 10.3. The summed E-state index contributed by atoms with van der Waals surface area (Å²) in [5.74, 6) is -1.94. The Bertz CT molecular complexity index is 615. The van der Waals surface area contributed by atoms with E-state index in [1.165, 1.54) is 4.68 Å². The molecular formula is C11H12F2N6OS. The van der Waals surface area contributed by atoms with Crippen molar-refractivity contribution in [2.24, 2.45) is 5.73 Å². The van der Waals surface area contributed by atoms with Crippen LogP contribution >= 0.6 is 11.8 Å². The first-order chi connectivity index (χ1) is 10.1. The van der Waals surface area contributed by atoms with Crippen LogP contribution in [0.3, 0.4) is 0 Å². The van der Waals surface area contributed by atoms with Gasteiger partial charge in [0.2, 0.25) is 11.1 Å². The summed E-state index contributed by atoms with van der Waals surface area (Å²) in [6.07, 6.45) is 0. The zero-order chi connectivity index (χ0) is 15.2. The molecule has 0 saturated heterocycles. The number of carbonyl (C=O) groups excluding carboxylic acids is 1. The standard InChI is InChI=1S/C11H12F2N6OS/c12-7-3-8(13)5-9(4-7)15-10(20)6-21-11-16-17-18-19(11)2-1-14/h3-5H,1-2,6,14H2,(H,15,20). The highest BCUT2D eigenvalue weighted by Crippen LogP contribution is 2.16. The SMILES string of the molecule is NCCn1nnnc1SCC(=O)Nc1cc(F)cc(F)c1. The zero-order valence-electron chi connectivity index (χ0n) is 10.8. The topological polar surface area (TPSA) is 98.7 Å². The van der Waals surface area contributed by atoms with Gasteiger partial charge >= 0.3 is 0 Å². The van der Waals surface area contributed by atoms with Crippen LogP contribution in [0, 0.1) is 11.6 Å². The predicted octanol–water partition coefficient (Wildman–Crippen LogP) is 0.641.